The highest BCUT2D eigenvalue weighted by Crippen LogP contribution is 2.21. The lowest BCUT2D eigenvalue weighted by Crippen LogP contribution is -2.31. The number of aromatic amines is 1. The Morgan fingerprint density at radius 2 is 2.29 bits per heavy atom. The van der Waals surface area contributed by atoms with Crippen molar-refractivity contribution < 1.29 is 4.79 Å². The number of hydrogen-bond acceptors (Lipinski definition) is 4. The molecule has 1 aliphatic heterocycles. The highest BCUT2D eigenvalue weighted by molar-refractivity contribution is 7.99. The van der Waals surface area contributed by atoms with E-state index in [9.17, 15) is 4.79 Å². The van der Waals surface area contributed by atoms with E-state index >= 15 is 0 Å². The maximum Gasteiger partial charge on any atom is 0.290 e. The van der Waals surface area contributed by atoms with Gasteiger partial charge in [-0.2, -0.15) is 11.8 Å². The summed E-state index contributed by atoms with van der Waals surface area (Å²) in [5.74, 6) is 3.88. The first-order valence-electron chi connectivity index (χ1n) is 6.06. The number of rotatable bonds is 4. The number of thioether (sulfide) groups is 1. The minimum atomic E-state index is -0.167. The molecule has 0 unspecified atom stereocenters. The maximum absolute atomic E-state index is 11.8. The van der Waals surface area contributed by atoms with Crippen LogP contribution in [-0.4, -0.2) is 39.1 Å². The van der Waals surface area contributed by atoms with Crippen molar-refractivity contribution in [2.45, 2.75) is 26.2 Å². The molecule has 0 aromatic carbocycles. The third-order valence-electron chi connectivity index (χ3n) is 2.96. The second-order valence-electron chi connectivity index (χ2n) is 4.23. The van der Waals surface area contributed by atoms with Crippen LogP contribution in [0.1, 0.15) is 36.2 Å². The molecule has 1 aromatic heterocycles. The summed E-state index contributed by atoms with van der Waals surface area (Å²) < 4.78 is 0. The Labute approximate surface area is 105 Å². The SMILES string of the molecule is CCc1nc(C(=O)NCC2CCSCC2)n[nH]1. The molecule has 6 heteroatoms. The molecule has 1 saturated heterocycles. The van der Waals surface area contributed by atoms with Crippen LogP contribution in [0.3, 0.4) is 0 Å². The summed E-state index contributed by atoms with van der Waals surface area (Å²) in [6, 6.07) is 0. The van der Waals surface area contributed by atoms with Crippen molar-refractivity contribution in [1.82, 2.24) is 20.5 Å². The van der Waals surface area contributed by atoms with E-state index in [1.165, 1.54) is 24.3 Å². The fourth-order valence-corrected chi connectivity index (χ4v) is 3.03. The van der Waals surface area contributed by atoms with Crippen molar-refractivity contribution in [3.8, 4) is 0 Å². The lowest BCUT2D eigenvalue weighted by Gasteiger charge is -2.21. The molecular weight excluding hydrogens is 236 g/mol. The molecule has 2 heterocycles. The van der Waals surface area contributed by atoms with Crippen molar-refractivity contribution in [1.29, 1.82) is 0 Å². The minimum absolute atomic E-state index is 0.167. The zero-order chi connectivity index (χ0) is 12.1. The summed E-state index contributed by atoms with van der Waals surface area (Å²) in [5, 5.41) is 9.56. The van der Waals surface area contributed by atoms with Crippen LogP contribution < -0.4 is 5.32 Å². The predicted molar refractivity (Wildman–Crippen MR) is 68.1 cm³/mol. The van der Waals surface area contributed by atoms with Gasteiger partial charge >= 0.3 is 0 Å². The van der Waals surface area contributed by atoms with Crippen molar-refractivity contribution in [3.05, 3.63) is 11.6 Å². The standard InChI is InChI=1S/C11H18N4OS/c1-2-9-13-10(15-14-9)11(16)12-7-8-3-5-17-6-4-8/h8H,2-7H2,1H3,(H,12,16)(H,13,14,15). The molecule has 0 spiro atoms. The van der Waals surface area contributed by atoms with E-state index in [0.717, 1.165) is 18.8 Å². The van der Waals surface area contributed by atoms with Gasteiger partial charge in [0.15, 0.2) is 0 Å². The molecular formula is C11H18N4OS. The van der Waals surface area contributed by atoms with Gasteiger partial charge in [-0.25, -0.2) is 4.98 Å². The number of aryl methyl sites for hydroxylation is 1. The summed E-state index contributed by atoms with van der Waals surface area (Å²) in [5.41, 5.74) is 0. The van der Waals surface area contributed by atoms with Crippen LogP contribution in [0.25, 0.3) is 0 Å². The molecule has 1 amide bonds. The number of carbonyl (C=O) groups excluding carboxylic acids is 1. The smallest absolute Gasteiger partial charge is 0.290 e. The Bertz CT molecular complexity index is 373. The van der Waals surface area contributed by atoms with Crippen molar-refractivity contribution >= 4 is 17.7 Å². The Morgan fingerprint density at radius 3 is 2.94 bits per heavy atom. The van der Waals surface area contributed by atoms with E-state index in [1.54, 1.807) is 0 Å². The van der Waals surface area contributed by atoms with Crippen LogP contribution in [0.2, 0.25) is 0 Å². The molecule has 1 aromatic rings. The normalized spacial score (nSPS) is 17.0. The molecule has 1 fully saturated rings. The molecule has 2 rings (SSSR count). The van der Waals surface area contributed by atoms with Gasteiger partial charge in [0.25, 0.3) is 5.91 Å². The summed E-state index contributed by atoms with van der Waals surface area (Å²) >= 11 is 1.99. The molecule has 5 nitrogen and oxygen atoms in total. The van der Waals surface area contributed by atoms with Gasteiger partial charge in [0, 0.05) is 13.0 Å². The monoisotopic (exact) mass is 254 g/mol. The number of H-pyrrole nitrogens is 1. The Balaban J connectivity index is 1.80. The van der Waals surface area contributed by atoms with Crippen LogP contribution in [-0.2, 0) is 6.42 Å². The fourth-order valence-electron chi connectivity index (χ4n) is 1.82. The van der Waals surface area contributed by atoms with E-state index in [-0.39, 0.29) is 11.7 Å². The second-order valence-corrected chi connectivity index (χ2v) is 5.45. The van der Waals surface area contributed by atoms with Crippen molar-refractivity contribution in [2.75, 3.05) is 18.1 Å². The lowest BCUT2D eigenvalue weighted by molar-refractivity contribution is 0.0936. The van der Waals surface area contributed by atoms with Crippen molar-refractivity contribution in [3.63, 3.8) is 0 Å². The zero-order valence-electron chi connectivity index (χ0n) is 10.0. The number of amides is 1. The maximum atomic E-state index is 11.8. The Hall–Kier alpha value is -1.04. The highest BCUT2D eigenvalue weighted by atomic mass is 32.2. The predicted octanol–water partition coefficient (Wildman–Crippen LogP) is 1.24. The van der Waals surface area contributed by atoms with E-state index in [1.807, 2.05) is 18.7 Å². The van der Waals surface area contributed by atoms with Crippen LogP contribution in [0.4, 0.5) is 0 Å². The van der Waals surface area contributed by atoms with E-state index in [4.69, 9.17) is 0 Å². The molecule has 0 aliphatic carbocycles. The molecule has 2 N–H and O–H groups in total. The molecule has 0 radical (unpaired) electrons. The molecule has 94 valence electrons. The average Bonchev–Trinajstić information content (AvgIpc) is 2.86. The molecule has 0 bridgehead atoms. The lowest BCUT2D eigenvalue weighted by atomic mass is 10.0. The summed E-state index contributed by atoms with van der Waals surface area (Å²) in [6.45, 7) is 2.72. The number of carbonyl (C=O) groups is 1. The minimum Gasteiger partial charge on any atom is -0.349 e. The largest absolute Gasteiger partial charge is 0.349 e. The highest BCUT2D eigenvalue weighted by Gasteiger charge is 2.16. The van der Waals surface area contributed by atoms with Crippen LogP contribution in [0.5, 0.6) is 0 Å². The van der Waals surface area contributed by atoms with Gasteiger partial charge < -0.3 is 5.32 Å². The molecule has 0 atom stereocenters. The quantitative estimate of drug-likeness (QED) is 0.848. The van der Waals surface area contributed by atoms with E-state index < -0.39 is 0 Å². The van der Waals surface area contributed by atoms with Crippen molar-refractivity contribution in [2.24, 2.45) is 5.92 Å². The number of nitrogens with zero attached hydrogens (tertiary/aromatic N) is 2. The Kier molecular flexibility index (Phi) is 4.42. The van der Waals surface area contributed by atoms with Gasteiger partial charge in [0.2, 0.25) is 5.82 Å². The molecule has 1 aliphatic rings. The van der Waals surface area contributed by atoms with E-state index in [0.29, 0.717) is 5.92 Å². The first-order valence-corrected chi connectivity index (χ1v) is 7.22. The Morgan fingerprint density at radius 1 is 1.53 bits per heavy atom. The van der Waals surface area contributed by atoms with Crippen LogP contribution in [0.15, 0.2) is 0 Å². The van der Waals surface area contributed by atoms with Gasteiger partial charge in [-0.05, 0) is 30.3 Å². The van der Waals surface area contributed by atoms with Gasteiger partial charge in [-0.15, -0.1) is 5.10 Å². The average molecular weight is 254 g/mol. The van der Waals surface area contributed by atoms with Gasteiger partial charge in [0.1, 0.15) is 5.82 Å². The van der Waals surface area contributed by atoms with Crippen LogP contribution in [0, 0.1) is 5.92 Å². The van der Waals surface area contributed by atoms with Crippen LogP contribution >= 0.6 is 11.8 Å². The summed E-state index contributed by atoms with van der Waals surface area (Å²) in [7, 11) is 0. The number of nitrogens with one attached hydrogen (secondary N) is 2. The first kappa shape index (κ1) is 12.4. The topological polar surface area (TPSA) is 70.7 Å². The molecule has 17 heavy (non-hydrogen) atoms. The third-order valence-corrected chi connectivity index (χ3v) is 4.01. The van der Waals surface area contributed by atoms with Gasteiger partial charge in [-0.1, -0.05) is 6.92 Å². The van der Waals surface area contributed by atoms with E-state index in [2.05, 4.69) is 20.5 Å². The summed E-state index contributed by atoms with van der Waals surface area (Å²) in [6.07, 6.45) is 3.15. The third kappa shape index (κ3) is 3.46. The molecule has 0 saturated carbocycles. The zero-order valence-corrected chi connectivity index (χ0v) is 10.8. The first-order chi connectivity index (χ1) is 8.29. The van der Waals surface area contributed by atoms with Gasteiger partial charge in [0.05, 0.1) is 0 Å². The fraction of sp³-hybridized carbons (Fsp3) is 0.727. The second kappa shape index (κ2) is 6.05. The summed E-state index contributed by atoms with van der Waals surface area (Å²) in [4.78, 5) is 15.9. The number of aromatic nitrogens is 3. The number of hydrogen-bond donors (Lipinski definition) is 2. The van der Waals surface area contributed by atoms with Gasteiger partial charge in [-0.3, -0.25) is 9.89 Å².